The van der Waals surface area contributed by atoms with Crippen molar-refractivity contribution >= 4 is 18.0 Å². The lowest BCUT2D eigenvalue weighted by atomic mass is 10.2. The van der Waals surface area contributed by atoms with Crippen LogP contribution in [-0.4, -0.2) is 12.6 Å². The van der Waals surface area contributed by atoms with Crippen molar-refractivity contribution in [3.05, 3.63) is 60.2 Å². The maximum absolute atomic E-state index is 12.0. The molecular formula is C20H24O3S. The Morgan fingerprint density at radius 2 is 1.62 bits per heavy atom. The Morgan fingerprint density at radius 3 is 2.33 bits per heavy atom. The molecule has 0 aliphatic heterocycles. The standard InChI is InChI=1S/C20H24O3S/c1-2-3-4-5-9-16-22-18-14-12-17(13-15-18)20(21)23-24-19-10-7-6-8-11-19/h6-8,10-15H,2-5,9,16H2,1H3. The van der Waals surface area contributed by atoms with Gasteiger partial charge in [-0.15, -0.1) is 0 Å². The number of carbonyl (C=O) groups excluding carboxylic acids is 1. The number of ether oxygens (including phenoxy) is 1. The summed E-state index contributed by atoms with van der Waals surface area (Å²) in [4.78, 5) is 12.9. The van der Waals surface area contributed by atoms with Crippen molar-refractivity contribution in [2.75, 3.05) is 6.61 Å². The van der Waals surface area contributed by atoms with E-state index in [9.17, 15) is 4.79 Å². The van der Waals surface area contributed by atoms with Gasteiger partial charge in [-0.25, -0.2) is 4.79 Å². The zero-order valence-corrected chi connectivity index (χ0v) is 14.9. The molecule has 24 heavy (non-hydrogen) atoms. The van der Waals surface area contributed by atoms with Crippen LogP contribution >= 0.6 is 12.0 Å². The summed E-state index contributed by atoms with van der Waals surface area (Å²) in [5, 5.41) is 0. The molecule has 0 aliphatic rings. The summed E-state index contributed by atoms with van der Waals surface area (Å²) in [6.45, 7) is 2.93. The molecule has 0 unspecified atom stereocenters. The number of hydrogen-bond acceptors (Lipinski definition) is 4. The van der Waals surface area contributed by atoms with Crippen LogP contribution in [0.4, 0.5) is 0 Å². The van der Waals surface area contributed by atoms with Gasteiger partial charge in [-0.05, 0) is 42.8 Å². The van der Waals surface area contributed by atoms with E-state index in [-0.39, 0.29) is 5.97 Å². The van der Waals surface area contributed by atoms with Crippen molar-refractivity contribution in [1.82, 2.24) is 0 Å². The first-order chi connectivity index (χ1) is 11.8. The van der Waals surface area contributed by atoms with Crippen LogP contribution in [0.2, 0.25) is 0 Å². The Bertz CT molecular complexity index is 596. The Hall–Kier alpha value is -1.94. The van der Waals surface area contributed by atoms with Crippen LogP contribution in [0.1, 0.15) is 49.4 Å². The van der Waals surface area contributed by atoms with Gasteiger partial charge in [-0.2, -0.15) is 0 Å². The number of unbranched alkanes of at least 4 members (excludes halogenated alkanes) is 4. The first-order valence-corrected chi connectivity index (χ1v) is 9.20. The maximum atomic E-state index is 12.0. The highest BCUT2D eigenvalue weighted by molar-refractivity contribution is 7.95. The molecule has 0 aliphatic carbocycles. The molecule has 2 aromatic carbocycles. The molecule has 0 bridgehead atoms. The van der Waals surface area contributed by atoms with E-state index in [1.165, 1.54) is 25.7 Å². The Balaban J connectivity index is 1.71. The van der Waals surface area contributed by atoms with E-state index in [0.717, 1.165) is 35.7 Å². The fourth-order valence-electron chi connectivity index (χ4n) is 2.19. The van der Waals surface area contributed by atoms with Crippen molar-refractivity contribution in [3.8, 4) is 5.75 Å². The molecular weight excluding hydrogens is 320 g/mol. The van der Waals surface area contributed by atoms with E-state index in [2.05, 4.69) is 6.92 Å². The highest BCUT2D eigenvalue weighted by Crippen LogP contribution is 2.21. The van der Waals surface area contributed by atoms with Crippen molar-refractivity contribution in [1.29, 1.82) is 0 Å². The first-order valence-electron chi connectivity index (χ1n) is 8.46. The predicted octanol–water partition coefficient (Wildman–Crippen LogP) is 5.90. The third-order valence-electron chi connectivity index (χ3n) is 3.56. The molecule has 0 N–H and O–H groups in total. The first kappa shape index (κ1) is 18.4. The number of benzene rings is 2. The van der Waals surface area contributed by atoms with Crippen LogP contribution in [0, 0.1) is 0 Å². The average Bonchev–Trinajstić information content (AvgIpc) is 2.64. The lowest BCUT2D eigenvalue weighted by Crippen LogP contribution is -2.01. The molecule has 0 fully saturated rings. The van der Waals surface area contributed by atoms with Gasteiger partial charge >= 0.3 is 5.97 Å². The minimum absolute atomic E-state index is 0.352. The molecule has 0 saturated carbocycles. The van der Waals surface area contributed by atoms with Crippen LogP contribution < -0.4 is 4.74 Å². The topological polar surface area (TPSA) is 35.5 Å². The maximum Gasteiger partial charge on any atom is 0.350 e. The van der Waals surface area contributed by atoms with Gasteiger partial charge in [-0.3, -0.25) is 0 Å². The van der Waals surface area contributed by atoms with Gasteiger partial charge < -0.3 is 8.92 Å². The fraction of sp³-hybridized carbons (Fsp3) is 0.350. The molecule has 2 aromatic rings. The lowest BCUT2D eigenvalue weighted by Gasteiger charge is -2.07. The van der Waals surface area contributed by atoms with Crippen molar-refractivity contribution in [2.24, 2.45) is 0 Å². The van der Waals surface area contributed by atoms with Gasteiger partial charge in [0.2, 0.25) is 0 Å². The number of rotatable bonds is 10. The second-order valence-electron chi connectivity index (χ2n) is 5.55. The molecule has 0 amide bonds. The second-order valence-corrected chi connectivity index (χ2v) is 6.36. The van der Waals surface area contributed by atoms with E-state index < -0.39 is 0 Å². The van der Waals surface area contributed by atoms with E-state index in [1.54, 1.807) is 12.1 Å². The van der Waals surface area contributed by atoms with Crippen LogP contribution in [0.25, 0.3) is 0 Å². The summed E-state index contributed by atoms with van der Waals surface area (Å²) in [6.07, 6.45) is 6.08. The minimum atomic E-state index is -0.352. The monoisotopic (exact) mass is 344 g/mol. The quantitative estimate of drug-likeness (QED) is 0.397. The third-order valence-corrected chi connectivity index (χ3v) is 4.26. The van der Waals surface area contributed by atoms with Crippen LogP contribution in [0.5, 0.6) is 5.75 Å². The fourth-order valence-corrected chi connectivity index (χ4v) is 2.73. The molecule has 2 rings (SSSR count). The summed E-state index contributed by atoms with van der Waals surface area (Å²) in [5.74, 6) is 0.438. The molecule has 0 atom stereocenters. The smallest absolute Gasteiger partial charge is 0.350 e. The molecule has 4 heteroatoms. The Kier molecular flexibility index (Phi) is 8.25. The molecule has 0 spiro atoms. The van der Waals surface area contributed by atoms with Gasteiger partial charge in [0.15, 0.2) is 0 Å². The third kappa shape index (κ3) is 6.67. The Labute approximate surface area is 148 Å². The molecule has 0 saturated heterocycles. The average molecular weight is 344 g/mol. The summed E-state index contributed by atoms with van der Waals surface area (Å²) >= 11 is 1.07. The molecule has 3 nitrogen and oxygen atoms in total. The van der Waals surface area contributed by atoms with Gasteiger partial charge in [0.1, 0.15) is 5.75 Å². The van der Waals surface area contributed by atoms with Gasteiger partial charge in [-0.1, -0.05) is 50.8 Å². The lowest BCUT2D eigenvalue weighted by molar-refractivity contribution is 0.0768. The summed E-state index contributed by atoms with van der Waals surface area (Å²) in [6, 6.07) is 16.6. The summed E-state index contributed by atoms with van der Waals surface area (Å²) in [7, 11) is 0. The highest BCUT2D eigenvalue weighted by atomic mass is 32.2. The van der Waals surface area contributed by atoms with Crippen molar-refractivity contribution in [3.63, 3.8) is 0 Å². The summed E-state index contributed by atoms with van der Waals surface area (Å²) in [5.41, 5.74) is 0.522. The van der Waals surface area contributed by atoms with Gasteiger partial charge in [0.25, 0.3) is 0 Å². The summed E-state index contributed by atoms with van der Waals surface area (Å²) < 4.78 is 10.9. The molecule has 0 aromatic heterocycles. The predicted molar refractivity (Wildman–Crippen MR) is 98.4 cm³/mol. The Morgan fingerprint density at radius 1 is 0.917 bits per heavy atom. The van der Waals surface area contributed by atoms with E-state index in [0.29, 0.717) is 5.56 Å². The normalized spacial score (nSPS) is 10.4. The van der Waals surface area contributed by atoms with Crippen LogP contribution in [0.3, 0.4) is 0 Å². The largest absolute Gasteiger partial charge is 0.494 e. The molecule has 0 heterocycles. The number of hydrogen-bond donors (Lipinski definition) is 0. The van der Waals surface area contributed by atoms with Crippen LogP contribution in [-0.2, 0) is 4.18 Å². The van der Waals surface area contributed by atoms with Gasteiger partial charge in [0.05, 0.1) is 24.2 Å². The highest BCUT2D eigenvalue weighted by Gasteiger charge is 2.08. The van der Waals surface area contributed by atoms with Crippen molar-refractivity contribution in [2.45, 2.75) is 43.9 Å². The molecule has 128 valence electrons. The van der Waals surface area contributed by atoms with E-state index >= 15 is 0 Å². The SMILES string of the molecule is CCCCCCCOc1ccc(C(=O)OSc2ccccc2)cc1. The minimum Gasteiger partial charge on any atom is -0.494 e. The second kappa shape index (κ2) is 10.8. The number of carbonyl (C=O) groups is 1. The van der Waals surface area contributed by atoms with Gasteiger partial charge in [0, 0.05) is 4.90 Å². The zero-order valence-electron chi connectivity index (χ0n) is 14.1. The zero-order chi connectivity index (χ0) is 17.0. The van der Waals surface area contributed by atoms with Crippen molar-refractivity contribution < 1.29 is 13.7 Å². The van der Waals surface area contributed by atoms with E-state index in [4.69, 9.17) is 8.92 Å². The molecule has 0 radical (unpaired) electrons. The van der Waals surface area contributed by atoms with Crippen LogP contribution in [0.15, 0.2) is 59.5 Å². The van der Waals surface area contributed by atoms with E-state index in [1.807, 2.05) is 42.5 Å².